The average molecular weight is 424 g/mol. The van der Waals surface area contributed by atoms with Gasteiger partial charge in [0, 0.05) is 45.3 Å². The van der Waals surface area contributed by atoms with E-state index in [1.165, 1.54) is 17.1 Å². The third-order valence-corrected chi connectivity index (χ3v) is 5.28. The number of benzene rings is 1. The molecule has 3 heterocycles. The highest BCUT2D eigenvalue weighted by molar-refractivity contribution is 5.76. The smallest absolute Gasteiger partial charge is 0.266 e. The van der Waals surface area contributed by atoms with Crippen LogP contribution in [0.2, 0.25) is 0 Å². The molecule has 0 radical (unpaired) electrons. The van der Waals surface area contributed by atoms with Crippen molar-refractivity contribution in [3.8, 4) is 17.2 Å². The summed E-state index contributed by atoms with van der Waals surface area (Å²) >= 11 is 0. The fourth-order valence-electron chi connectivity index (χ4n) is 3.63. The standard InChI is InChI=1S/C21H24N6O4/c1-15-23-20(31-24-15)16-13-22-14-27(21(16)29)8-7-19(28)26-11-9-25(10-12-26)17-5-3-4-6-18(17)30-2/h3-6,13-14H,7-12H2,1-2H3. The Hall–Kier alpha value is -3.69. The molecule has 4 rings (SSSR count). The van der Waals surface area contributed by atoms with E-state index in [4.69, 9.17) is 9.26 Å². The number of para-hydroxylation sites is 2. The molecule has 31 heavy (non-hydrogen) atoms. The van der Waals surface area contributed by atoms with E-state index in [1.54, 1.807) is 14.0 Å². The molecule has 0 unspecified atom stereocenters. The average Bonchev–Trinajstić information content (AvgIpc) is 3.24. The molecule has 0 spiro atoms. The van der Waals surface area contributed by atoms with Crippen LogP contribution in [-0.2, 0) is 11.3 Å². The molecule has 162 valence electrons. The first-order valence-corrected chi connectivity index (χ1v) is 10.1. The first-order chi connectivity index (χ1) is 15.1. The maximum absolute atomic E-state index is 12.7. The number of piperazine rings is 1. The molecule has 0 N–H and O–H groups in total. The quantitative estimate of drug-likeness (QED) is 0.584. The van der Waals surface area contributed by atoms with Crippen LogP contribution in [0.1, 0.15) is 12.2 Å². The third-order valence-electron chi connectivity index (χ3n) is 5.28. The van der Waals surface area contributed by atoms with Gasteiger partial charge in [0.05, 0.1) is 19.1 Å². The van der Waals surface area contributed by atoms with Gasteiger partial charge in [-0.15, -0.1) is 0 Å². The van der Waals surface area contributed by atoms with Crippen molar-refractivity contribution in [2.75, 3.05) is 38.2 Å². The fraction of sp³-hybridized carbons (Fsp3) is 0.381. The van der Waals surface area contributed by atoms with Gasteiger partial charge in [-0.2, -0.15) is 4.98 Å². The highest BCUT2D eigenvalue weighted by Crippen LogP contribution is 2.28. The van der Waals surface area contributed by atoms with Crippen LogP contribution in [0.15, 0.2) is 46.1 Å². The number of methoxy groups -OCH3 is 1. The highest BCUT2D eigenvalue weighted by Gasteiger charge is 2.23. The third kappa shape index (κ3) is 4.42. The summed E-state index contributed by atoms with van der Waals surface area (Å²) in [6.45, 7) is 4.59. The van der Waals surface area contributed by atoms with Gasteiger partial charge in [0.25, 0.3) is 11.4 Å². The van der Waals surface area contributed by atoms with Gasteiger partial charge in [-0.3, -0.25) is 14.2 Å². The summed E-state index contributed by atoms with van der Waals surface area (Å²) in [5.41, 5.74) is 0.941. The van der Waals surface area contributed by atoms with Crippen LogP contribution in [0, 0.1) is 6.92 Å². The van der Waals surface area contributed by atoms with Gasteiger partial charge in [0.2, 0.25) is 5.91 Å². The monoisotopic (exact) mass is 424 g/mol. The maximum atomic E-state index is 12.7. The van der Waals surface area contributed by atoms with Crippen LogP contribution in [0.4, 0.5) is 5.69 Å². The van der Waals surface area contributed by atoms with E-state index >= 15 is 0 Å². The number of hydrogen-bond acceptors (Lipinski definition) is 8. The lowest BCUT2D eigenvalue weighted by atomic mass is 10.2. The summed E-state index contributed by atoms with van der Waals surface area (Å²) in [5.74, 6) is 1.39. The van der Waals surface area contributed by atoms with Crippen LogP contribution in [0.25, 0.3) is 11.5 Å². The molecule has 0 bridgehead atoms. The zero-order valence-electron chi connectivity index (χ0n) is 17.5. The molecule has 1 aliphatic heterocycles. The van der Waals surface area contributed by atoms with Gasteiger partial charge in [0.15, 0.2) is 5.82 Å². The van der Waals surface area contributed by atoms with Crippen molar-refractivity contribution in [2.45, 2.75) is 19.9 Å². The number of anilines is 1. The molecular weight excluding hydrogens is 400 g/mol. The zero-order chi connectivity index (χ0) is 21.8. The SMILES string of the molecule is COc1ccccc1N1CCN(C(=O)CCn2cncc(-c3nc(C)no3)c2=O)CC1. The van der Waals surface area contributed by atoms with Crippen molar-refractivity contribution in [1.82, 2.24) is 24.6 Å². The van der Waals surface area contributed by atoms with Crippen LogP contribution < -0.4 is 15.2 Å². The molecule has 0 saturated carbocycles. The molecule has 1 amide bonds. The Morgan fingerprint density at radius 2 is 1.97 bits per heavy atom. The van der Waals surface area contributed by atoms with E-state index in [0.717, 1.165) is 24.5 Å². The van der Waals surface area contributed by atoms with E-state index in [9.17, 15) is 9.59 Å². The predicted molar refractivity (Wildman–Crippen MR) is 113 cm³/mol. The second-order valence-corrected chi connectivity index (χ2v) is 7.24. The molecule has 1 aromatic carbocycles. The topological polar surface area (TPSA) is 107 Å². The number of aryl methyl sites for hydroxylation is 2. The normalized spacial score (nSPS) is 14.0. The van der Waals surface area contributed by atoms with Crippen molar-refractivity contribution >= 4 is 11.6 Å². The Bertz CT molecular complexity index is 1120. The van der Waals surface area contributed by atoms with Gasteiger partial charge in [-0.1, -0.05) is 17.3 Å². The van der Waals surface area contributed by atoms with Crippen molar-refractivity contribution in [3.05, 3.63) is 53.0 Å². The zero-order valence-corrected chi connectivity index (χ0v) is 17.5. The second-order valence-electron chi connectivity index (χ2n) is 7.24. The van der Waals surface area contributed by atoms with E-state index in [1.807, 2.05) is 29.2 Å². The van der Waals surface area contributed by atoms with Gasteiger partial charge < -0.3 is 19.1 Å². The minimum absolute atomic E-state index is 0.00520. The number of rotatable bonds is 6. The van der Waals surface area contributed by atoms with E-state index < -0.39 is 0 Å². The van der Waals surface area contributed by atoms with Gasteiger partial charge in [0.1, 0.15) is 11.3 Å². The number of carbonyl (C=O) groups is 1. The number of amides is 1. The number of hydrogen-bond donors (Lipinski definition) is 0. The van der Waals surface area contributed by atoms with E-state index in [0.29, 0.717) is 18.9 Å². The Balaban J connectivity index is 1.36. The van der Waals surface area contributed by atoms with Crippen LogP contribution in [-0.4, -0.2) is 63.8 Å². The van der Waals surface area contributed by atoms with Crippen LogP contribution in [0.3, 0.4) is 0 Å². The molecule has 1 fully saturated rings. The predicted octanol–water partition coefficient (Wildman–Crippen LogP) is 1.35. The summed E-state index contributed by atoms with van der Waals surface area (Å²) < 4.78 is 11.9. The summed E-state index contributed by atoms with van der Waals surface area (Å²) in [4.78, 5) is 37.6. The largest absolute Gasteiger partial charge is 0.495 e. The number of carbonyl (C=O) groups excluding carboxylic acids is 1. The van der Waals surface area contributed by atoms with Gasteiger partial charge in [-0.25, -0.2) is 4.98 Å². The van der Waals surface area contributed by atoms with Crippen LogP contribution >= 0.6 is 0 Å². The molecule has 10 heteroatoms. The van der Waals surface area contributed by atoms with Crippen molar-refractivity contribution in [1.29, 1.82) is 0 Å². The summed E-state index contributed by atoms with van der Waals surface area (Å²) in [6.07, 6.45) is 3.02. The summed E-state index contributed by atoms with van der Waals surface area (Å²) in [7, 11) is 1.66. The van der Waals surface area contributed by atoms with Gasteiger partial charge in [-0.05, 0) is 19.1 Å². The summed E-state index contributed by atoms with van der Waals surface area (Å²) in [6, 6.07) is 7.87. The van der Waals surface area contributed by atoms with Gasteiger partial charge >= 0.3 is 0 Å². The van der Waals surface area contributed by atoms with E-state index in [-0.39, 0.29) is 35.9 Å². The first-order valence-electron chi connectivity index (χ1n) is 10.1. The minimum atomic E-state index is -0.313. The van der Waals surface area contributed by atoms with Crippen molar-refractivity contribution < 1.29 is 14.1 Å². The number of aromatic nitrogens is 4. The Morgan fingerprint density at radius 3 is 2.68 bits per heavy atom. The lowest BCUT2D eigenvalue weighted by Gasteiger charge is -2.36. The molecule has 0 atom stereocenters. The Labute approximate surface area is 179 Å². The van der Waals surface area contributed by atoms with E-state index in [2.05, 4.69) is 20.0 Å². The molecular formula is C21H24N6O4. The second kappa shape index (κ2) is 8.99. The lowest BCUT2D eigenvalue weighted by Crippen LogP contribution is -2.49. The van der Waals surface area contributed by atoms with Crippen LogP contribution in [0.5, 0.6) is 5.75 Å². The van der Waals surface area contributed by atoms with Crippen molar-refractivity contribution in [2.24, 2.45) is 0 Å². The molecule has 1 aliphatic rings. The number of ether oxygens (including phenoxy) is 1. The molecule has 10 nitrogen and oxygen atoms in total. The number of nitrogens with zero attached hydrogens (tertiary/aromatic N) is 6. The minimum Gasteiger partial charge on any atom is -0.495 e. The Kier molecular flexibility index (Phi) is 5.96. The molecule has 0 aliphatic carbocycles. The molecule has 3 aromatic rings. The fourth-order valence-corrected chi connectivity index (χ4v) is 3.63. The highest BCUT2D eigenvalue weighted by atomic mass is 16.5. The Morgan fingerprint density at radius 1 is 1.19 bits per heavy atom. The van der Waals surface area contributed by atoms with Crippen molar-refractivity contribution in [3.63, 3.8) is 0 Å². The maximum Gasteiger partial charge on any atom is 0.266 e. The molecule has 1 saturated heterocycles. The molecule has 2 aromatic heterocycles. The lowest BCUT2D eigenvalue weighted by molar-refractivity contribution is -0.131. The first kappa shape index (κ1) is 20.6. The summed E-state index contributed by atoms with van der Waals surface area (Å²) in [5, 5.41) is 3.70.